The van der Waals surface area contributed by atoms with E-state index in [0.717, 1.165) is 6.42 Å². The molecule has 0 heterocycles. The number of fused-ring (bicyclic) bond motifs is 2. The molecule has 0 radical (unpaired) electrons. The molecule has 0 aliphatic heterocycles. The molecule has 0 aromatic rings. The minimum atomic E-state index is 0.105. The van der Waals surface area contributed by atoms with E-state index in [1.807, 2.05) is 0 Å². The molecule has 2 aliphatic rings. The maximum Gasteiger partial charge on any atom is 0.134 e. The van der Waals surface area contributed by atoms with Crippen LogP contribution in [0, 0.1) is 23.7 Å². The molecule has 13 heavy (non-hydrogen) atoms. The quantitative estimate of drug-likeness (QED) is 0.602. The van der Waals surface area contributed by atoms with Crippen LogP contribution in [-0.2, 0) is 9.59 Å². The van der Waals surface area contributed by atoms with E-state index >= 15 is 0 Å². The van der Waals surface area contributed by atoms with Gasteiger partial charge in [0.25, 0.3) is 0 Å². The number of hydrogen-bond donors (Lipinski definition) is 0. The first-order valence-electron chi connectivity index (χ1n) is 4.80. The number of allylic oxidation sites excluding steroid dienone is 2. The van der Waals surface area contributed by atoms with Gasteiger partial charge in [-0.1, -0.05) is 12.2 Å². The van der Waals surface area contributed by atoms with Gasteiger partial charge in [-0.25, -0.2) is 0 Å². The minimum Gasteiger partial charge on any atom is -0.300 e. The smallest absolute Gasteiger partial charge is 0.134 e. The fourth-order valence-corrected chi connectivity index (χ4v) is 2.87. The Morgan fingerprint density at radius 2 is 1.85 bits per heavy atom. The van der Waals surface area contributed by atoms with Crippen LogP contribution >= 0.6 is 0 Å². The van der Waals surface area contributed by atoms with Gasteiger partial charge in [0.05, 0.1) is 0 Å². The predicted molar refractivity (Wildman–Crippen MR) is 49.1 cm³/mol. The molecule has 2 nitrogen and oxygen atoms in total. The average Bonchev–Trinajstić information content (AvgIpc) is 2.58. The van der Waals surface area contributed by atoms with Crippen LogP contribution in [0.25, 0.3) is 0 Å². The summed E-state index contributed by atoms with van der Waals surface area (Å²) in [4.78, 5) is 22.6. The maximum atomic E-state index is 11.3. The summed E-state index contributed by atoms with van der Waals surface area (Å²) in [5.74, 6) is 1.25. The molecule has 4 unspecified atom stereocenters. The number of ketones is 2. The van der Waals surface area contributed by atoms with Gasteiger partial charge in [0.1, 0.15) is 11.6 Å². The molecule has 0 aromatic heterocycles. The summed E-state index contributed by atoms with van der Waals surface area (Å²) in [7, 11) is 0. The van der Waals surface area contributed by atoms with E-state index in [1.54, 1.807) is 13.8 Å². The average molecular weight is 178 g/mol. The maximum absolute atomic E-state index is 11.3. The topological polar surface area (TPSA) is 34.1 Å². The van der Waals surface area contributed by atoms with E-state index in [9.17, 15) is 9.59 Å². The highest BCUT2D eigenvalue weighted by Gasteiger charge is 2.48. The van der Waals surface area contributed by atoms with Crippen molar-refractivity contribution in [2.75, 3.05) is 0 Å². The van der Waals surface area contributed by atoms with Crippen LogP contribution < -0.4 is 0 Å². The van der Waals surface area contributed by atoms with E-state index in [0.29, 0.717) is 5.92 Å². The van der Waals surface area contributed by atoms with Crippen molar-refractivity contribution in [3.8, 4) is 0 Å². The number of rotatable bonds is 2. The summed E-state index contributed by atoms with van der Waals surface area (Å²) in [6.45, 7) is 3.27. The summed E-state index contributed by atoms with van der Waals surface area (Å²) in [6, 6.07) is 0. The lowest BCUT2D eigenvalue weighted by atomic mass is 9.87. The Kier molecular flexibility index (Phi) is 1.86. The zero-order valence-corrected chi connectivity index (χ0v) is 7.99. The normalized spacial score (nSPS) is 41.1. The first kappa shape index (κ1) is 8.67. The molecule has 1 saturated carbocycles. The lowest BCUT2D eigenvalue weighted by Crippen LogP contribution is -2.21. The molecule has 70 valence electrons. The summed E-state index contributed by atoms with van der Waals surface area (Å²) in [6.07, 6.45) is 5.06. The monoisotopic (exact) mass is 178 g/mol. The number of carbonyl (C=O) groups is 2. The second kappa shape index (κ2) is 2.79. The Hall–Kier alpha value is -0.920. The van der Waals surface area contributed by atoms with Crippen LogP contribution in [0.2, 0.25) is 0 Å². The summed E-state index contributed by atoms with van der Waals surface area (Å²) < 4.78 is 0. The van der Waals surface area contributed by atoms with Crippen LogP contribution in [-0.4, -0.2) is 11.6 Å². The second-order valence-electron chi connectivity index (χ2n) is 4.22. The number of Topliss-reactive ketones (excluding diaryl/α,β-unsaturated/α-hetero) is 2. The SMILES string of the molecule is CC(=O)C1CC2C=CC1C2C(C)=O. The van der Waals surface area contributed by atoms with Gasteiger partial charge in [-0.05, 0) is 32.1 Å². The molecule has 0 aromatic carbocycles. The summed E-state index contributed by atoms with van der Waals surface area (Å²) >= 11 is 0. The highest BCUT2D eigenvalue weighted by Crippen LogP contribution is 2.48. The first-order valence-corrected chi connectivity index (χ1v) is 4.80. The standard InChI is InChI=1S/C11H14O2/c1-6(12)10-5-8-3-4-9(10)11(8)7(2)13/h3-4,8-11H,5H2,1-2H3. The number of carbonyl (C=O) groups excluding carboxylic acids is 2. The Bertz CT molecular complexity index is 290. The summed E-state index contributed by atoms with van der Waals surface area (Å²) in [5.41, 5.74) is 0. The van der Waals surface area contributed by atoms with Crippen molar-refractivity contribution in [3.05, 3.63) is 12.2 Å². The van der Waals surface area contributed by atoms with Gasteiger partial charge in [-0.2, -0.15) is 0 Å². The fraction of sp³-hybridized carbons (Fsp3) is 0.636. The van der Waals surface area contributed by atoms with Crippen LogP contribution in [0.5, 0.6) is 0 Å². The van der Waals surface area contributed by atoms with Crippen LogP contribution in [0.15, 0.2) is 12.2 Å². The molecule has 2 bridgehead atoms. The van der Waals surface area contributed by atoms with E-state index in [1.165, 1.54) is 0 Å². The van der Waals surface area contributed by atoms with Gasteiger partial charge in [-0.15, -0.1) is 0 Å². The highest BCUT2D eigenvalue weighted by molar-refractivity contribution is 5.85. The molecular formula is C11H14O2. The summed E-state index contributed by atoms with van der Waals surface area (Å²) in [5, 5.41) is 0. The zero-order valence-electron chi connectivity index (χ0n) is 7.99. The van der Waals surface area contributed by atoms with Gasteiger partial charge in [0.2, 0.25) is 0 Å². The molecule has 0 spiro atoms. The van der Waals surface area contributed by atoms with Crippen LogP contribution in [0.3, 0.4) is 0 Å². The molecule has 0 saturated heterocycles. The van der Waals surface area contributed by atoms with E-state index in [2.05, 4.69) is 12.2 Å². The third-order valence-electron chi connectivity index (χ3n) is 3.44. The fourth-order valence-electron chi connectivity index (χ4n) is 2.87. The first-order chi connectivity index (χ1) is 6.11. The predicted octanol–water partition coefficient (Wildman–Crippen LogP) is 1.60. The molecule has 0 N–H and O–H groups in total. The van der Waals surface area contributed by atoms with Crippen molar-refractivity contribution in [2.45, 2.75) is 20.3 Å². The largest absolute Gasteiger partial charge is 0.300 e. The lowest BCUT2D eigenvalue weighted by molar-refractivity contribution is -0.123. The highest BCUT2D eigenvalue weighted by atomic mass is 16.1. The molecule has 0 amide bonds. The van der Waals surface area contributed by atoms with Crippen molar-refractivity contribution < 1.29 is 9.59 Å². The van der Waals surface area contributed by atoms with Crippen molar-refractivity contribution in [1.29, 1.82) is 0 Å². The number of hydrogen-bond acceptors (Lipinski definition) is 2. The molecular weight excluding hydrogens is 164 g/mol. The van der Waals surface area contributed by atoms with E-state index < -0.39 is 0 Å². The third-order valence-corrected chi connectivity index (χ3v) is 3.44. The van der Waals surface area contributed by atoms with E-state index in [-0.39, 0.29) is 29.3 Å². The minimum absolute atomic E-state index is 0.105. The van der Waals surface area contributed by atoms with Crippen molar-refractivity contribution >= 4 is 11.6 Å². The van der Waals surface area contributed by atoms with E-state index in [4.69, 9.17) is 0 Å². The van der Waals surface area contributed by atoms with Crippen LogP contribution in [0.1, 0.15) is 20.3 Å². The molecule has 4 atom stereocenters. The van der Waals surface area contributed by atoms with Gasteiger partial charge < -0.3 is 0 Å². The van der Waals surface area contributed by atoms with Gasteiger partial charge in [0, 0.05) is 11.8 Å². The van der Waals surface area contributed by atoms with Gasteiger partial charge in [0.15, 0.2) is 0 Å². The second-order valence-corrected chi connectivity index (χ2v) is 4.22. The Balaban J connectivity index is 2.24. The lowest BCUT2D eigenvalue weighted by Gasteiger charge is -2.15. The molecule has 2 heteroatoms. The molecule has 2 rings (SSSR count). The van der Waals surface area contributed by atoms with Crippen molar-refractivity contribution in [3.63, 3.8) is 0 Å². The molecule has 1 fully saturated rings. The Labute approximate surface area is 78.0 Å². The third kappa shape index (κ3) is 1.16. The van der Waals surface area contributed by atoms with Crippen molar-refractivity contribution in [1.82, 2.24) is 0 Å². The van der Waals surface area contributed by atoms with Gasteiger partial charge in [-0.3, -0.25) is 9.59 Å². The Morgan fingerprint density at radius 3 is 2.23 bits per heavy atom. The van der Waals surface area contributed by atoms with Gasteiger partial charge >= 0.3 is 0 Å². The van der Waals surface area contributed by atoms with Crippen molar-refractivity contribution in [2.24, 2.45) is 23.7 Å². The zero-order chi connectivity index (χ0) is 9.59. The Morgan fingerprint density at radius 1 is 1.15 bits per heavy atom. The molecule has 2 aliphatic carbocycles. The van der Waals surface area contributed by atoms with Crippen LogP contribution in [0.4, 0.5) is 0 Å².